The van der Waals surface area contributed by atoms with Crippen LogP contribution in [0.2, 0.25) is 0 Å². The van der Waals surface area contributed by atoms with E-state index in [4.69, 9.17) is 21.7 Å². The molecule has 0 bridgehead atoms. The average Bonchev–Trinajstić information content (AvgIpc) is 3.08. The molecule has 3 aromatic rings. The third kappa shape index (κ3) is 4.12. The molecule has 0 spiro atoms. The predicted octanol–water partition coefficient (Wildman–Crippen LogP) is 5.50. The normalized spacial score (nSPS) is 10.4. The Morgan fingerprint density at radius 2 is 1.77 bits per heavy atom. The van der Waals surface area contributed by atoms with Gasteiger partial charge in [-0.15, -0.1) is 0 Å². The van der Waals surface area contributed by atoms with E-state index < -0.39 is 5.97 Å². The Kier molecular flexibility index (Phi) is 5.70. The van der Waals surface area contributed by atoms with E-state index in [2.05, 4.69) is 0 Å². The van der Waals surface area contributed by atoms with Crippen LogP contribution in [-0.4, -0.2) is 27.2 Å². The summed E-state index contributed by atoms with van der Waals surface area (Å²) in [5, 5.41) is 0. The summed E-state index contributed by atoms with van der Waals surface area (Å²) >= 11 is 5.17. The molecule has 4 nitrogen and oxygen atoms in total. The van der Waals surface area contributed by atoms with Crippen LogP contribution in [0.4, 0.5) is 5.69 Å². The molecule has 1 heterocycles. The maximum Gasteiger partial charge on any atom is 0.347 e. The van der Waals surface area contributed by atoms with Gasteiger partial charge in [-0.2, -0.15) is 0 Å². The monoisotopic (exact) mass is 403 g/mol. The number of esters is 1. The second-order valence-corrected chi connectivity index (χ2v) is 8.60. The van der Waals surface area contributed by atoms with Crippen LogP contribution < -0.4 is 14.4 Å². The highest BCUT2D eigenvalue weighted by Crippen LogP contribution is 2.31. The molecule has 0 aliphatic rings. The first kappa shape index (κ1) is 18.6. The fourth-order valence-electron chi connectivity index (χ4n) is 2.36. The molecule has 26 heavy (non-hydrogen) atoms. The fraction of sp³-hybridized carbons (Fsp3) is 0.158. The van der Waals surface area contributed by atoms with Crippen molar-refractivity contribution in [3.8, 4) is 21.9 Å². The summed E-state index contributed by atoms with van der Waals surface area (Å²) in [6, 6.07) is 14.8. The number of hydrogen-bond donors (Lipinski definition) is 0. The van der Waals surface area contributed by atoms with Gasteiger partial charge in [-0.1, -0.05) is 32.9 Å². The smallest absolute Gasteiger partial charge is 0.347 e. The van der Waals surface area contributed by atoms with Crippen molar-refractivity contribution in [2.45, 2.75) is 0 Å². The average molecular weight is 404 g/mol. The molecule has 7 heteroatoms. The number of anilines is 1. The van der Waals surface area contributed by atoms with Gasteiger partial charge in [0.15, 0.2) is 0 Å². The molecule has 0 amide bonds. The van der Waals surface area contributed by atoms with Crippen LogP contribution in [0.15, 0.2) is 48.5 Å². The van der Waals surface area contributed by atoms with Crippen molar-refractivity contribution < 1.29 is 14.3 Å². The summed E-state index contributed by atoms with van der Waals surface area (Å²) in [6.07, 6.45) is 0. The fourth-order valence-corrected chi connectivity index (χ4v) is 4.76. The molecule has 0 unspecified atom stereocenters. The van der Waals surface area contributed by atoms with E-state index in [0.717, 1.165) is 20.0 Å². The first-order chi connectivity index (χ1) is 12.5. The molecule has 2 aromatic carbocycles. The van der Waals surface area contributed by atoms with Gasteiger partial charge in [-0.25, -0.2) is 4.79 Å². The number of carbonyl (C=O) groups is 1. The lowest BCUT2D eigenvalue weighted by atomic mass is 10.1. The van der Waals surface area contributed by atoms with Crippen molar-refractivity contribution in [3.05, 3.63) is 57.9 Å². The highest BCUT2D eigenvalue weighted by atomic mass is 32.9. The minimum atomic E-state index is -0.454. The Labute approximate surface area is 164 Å². The van der Waals surface area contributed by atoms with Crippen LogP contribution in [0.1, 0.15) is 10.4 Å². The Bertz CT molecular complexity index is 974. The molecule has 0 saturated carbocycles. The van der Waals surface area contributed by atoms with E-state index in [0.29, 0.717) is 17.1 Å². The molecule has 0 aliphatic carbocycles. The van der Waals surface area contributed by atoms with E-state index in [9.17, 15) is 4.79 Å². The van der Waals surface area contributed by atoms with Crippen LogP contribution >= 0.6 is 32.9 Å². The van der Waals surface area contributed by atoms with Crippen LogP contribution in [0.3, 0.4) is 0 Å². The lowest BCUT2D eigenvalue weighted by Crippen LogP contribution is -2.13. The zero-order valence-electron chi connectivity index (χ0n) is 14.5. The number of methoxy groups -OCH3 is 1. The van der Waals surface area contributed by atoms with Crippen molar-refractivity contribution >= 4 is 44.6 Å². The maximum atomic E-state index is 12.6. The largest absolute Gasteiger partial charge is 0.496 e. The topological polar surface area (TPSA) is 38.8 Å². The highest BCUT2D eigenvalue weighted by Gasteiger charge is 2.16. The van der Waals surface area contributed by atoms with E-state index >= 15 is 0 Å². The van der Waals surface area contributed by atoms with Crippen molar-refractivity contribution in [3.63, 3.8) is 0 Å². The molecule has 0 N–H and O–H groups in total. The van der Waals surface area contributed by atoms with Crippen molar-refractivity contribution in [1.82, 2.24) is 0 Å². The molecule has 0 aliphatic heterocycles. The van der Waals surface area contributed by atoms with Crippen molar-refractivity contribution in [2.24, 2.45) is 0 Å². The minimum absolute atomic E-state index is 0.388. The molecular weight excluding hydrogens is 386 g/mol. The number of hydrogen-bond acceptors (Lipinski definition) is 7. The Balaban J connectivity index is 1.81. The third-order valence-corrected chi connectivity index (χ3v) is 6.64. The van der Waals surface area contributed by atoms with Gasteiger partial charge in [0.1, 0.15) is 20.9 Å². The number of ether oxygens (including phenoxy) is 2. The lowest BCUT2D eigenvalue weighted by Gasteiger charge is -2.15. The molecule has 0 fully saturated rings. The van der Waals surface area contributed by atoms with Crippen molar-refractivity contribution in [1.29, 1.82) is 0 Å². The van der Waals surface area contributed by atoms with Gasteiger partial charge in [0, 0.05) is 24.7 Å². The Hall–Kier alpha value is -2.22. The standard InChI is InChI=1S/C19H17NO3S3/c1-20(2)13-6-9-16(22-3)15(10-13)19(21)23-14-7-4-12(5-8-14)17-11-18(24)26-25-17/h4-11H,1-3H3. The highest BCUT2D eigenvalue weighted by molar-refractivity contribution is 7.80. The van der Waals surface area contributed by atoms with Gasteiger partial charge in [-0.3, -0.25) is 0 Å². The number of benzene rings is 2. The van der Waals surface area contributed by atoms with E-state index in [1.165, 1.54) is 7.11 Å². The molecule has 0 saturated heterocycles. The van der Waals surface area contributed by atoms with Gasteiger partial charge in [-0.05, 0) is 54.1 Å². The second kappa shape index (κ2) is 7.99. The van der Waals surface area contributed by atoms with Gasteiger partial charge >= 0.3 is 5.97 Å². The van der Waals surface area contributed by atoms with Crippen LogP contribution in [-0.2, 0) is 0 Å². The van der Waals surface area contributed by atoms with Crippen LogP contribution in [0.25, 0.3) is 10.4 Å². The predicted molar refractivity (Wildman–Crippen MR) is 111 cm³/mol. The van der Waals surface area contributed by atoms with Crippen molar-refractivity contribution in [2.75, 3.05) is 26.1 Å². The van der Waals surface area contributed by atoms with Crippen LogP contribution in [0, 0.1) is 3.82 Å². The summed E-state index contributed by atoms with van der Waals surface area (Å²) in [5.41, 5.74) is 2.33. The van der Waals surface area contributed by atoms with Crippen LogP contribution in [0.5, 0.6) is 11.5 Å². The molecule has 1 aromatic heterocycles. The number of rotatable bonds is 5. The van der Waals surface area contributed by atoms with E-state index in [1.807, 2.05) is 43.3 Å². The second-order valence-electron chi connectivity index (χ2n) is 5.69. The number of carbonyl (C=O) groups excluding carboxylic acids is 1. The molecule has 0 radical (unpaired) electrons. The van der Waals surface area contributed by atoms with Gasteiger partial charge in [0.25, 0.3) is 0 Å². The molecular formula is C19H17NO3S3. The first-order valence-corrected chi connectivity index (χ1v) is 10.3. The Morgan fingerprint density at radius 3 is 2.35 bits per heavy atom. The summed E-state index contributed by atoms with van der Waals surface area (Å²) in [4.78, 5) is 15.6. The quantitative estimate of drug-likeness (QED) is 0.243. The maximum absolute atomic E-state index is 12.6. The third-order valence-electron chi connectivity index (χ3n) is 3.73. The summed E-state index contributed by atoms with van der Waals surface area (Å²) in [6.45, 7) is 0. The van der Waals surface area contributed by atoms with Gasteiger partial charge < -0.3 is 14.4 Å². The van der Waals surface area contributed by atoms with Gasteiger partial charge in [0.05, 0.1) is 7.11 Å². The minimum Gasteiger partial charge on any atom is -0.496 e. The zero-order chi connectivity index (χ0) is 18.7. The number of nitrogens with zero attached hydrogens (tertiary/aromatic N) is 1. The van der Waals surface area contributed by atoms with E-state index in [-0.39, 0.29) is 0 Å². The summed E-state index contributed by atoms with van der Waals surface area (Å²) in [7, 11) is 8.57. The molecule has 3 rings (SSSR count). The molecule has 0 atom stereocenters. The summed E-state index contributed by atoms with van der Waals surface area (Å²) in [5.74, 6) is 0.509. The Morgan fingerprint density at radius 1 is 1.04 bits per heavy atom. The zero-order valence-corrected chi connectivity index (χ0v) is 17.0. The first-order valence-electron chi connectivity index (χ1n) is 7.76. The lowest BCUT2D eigenvalue weighted by molar-refractivity contribution is 0.0731. The molecule has 134 valence electrons. The van der Waals surface area contributed by atoms with Gasteiger partial charge in [0.2, 0.25) is 0 Å². The SMILES string of the molecule is COc1ccc(N(C)C)cc1C(=O)Oc1ccc(-c2cc(=S)ss2)cc1. The summed E-state index contributed by atoms with van der Waals surface area (Å²) < 4.78 is 11.7. The van der Waals surface area contributed by atoms with E-state index in [1.54, 1.807) is 44.9 Å².